The van der Waals surface area contributed by atoms with Gasteiger partial charge in [0.15, 0.2) is 5.82 Å². The third kappa shape index (κ3) is 3.27. The summed E-state index contributed by atoms with van der Waals surface area (Å²) < 4.78 is 31.8. The molecule has 4 nitrogen and oxygen atoms in total. The molecular formula is C14H15F2N3O. The summed E-state index contributed by atoms with van der Waals surface area (Å²) in [6.07, 6.45) is 0. The average molecular weight is 279 g/mol. The summed E-state index contributed by atoms with van der Waals surface area (Å²) >= 11 is 0. The van der Waals surface area contributed by atoms with Gasteiger partial charge in [-0.05, 0) is 19.1 Å². The normalized spacial score (nSPS) is 10.6. The lowest BCUT2D eigenvalue weighted by molar-refractivity contribution is 0.178. The van der Waals surface area contributed by atoms with E-state index in [4.69, 9.17) is 4.74 Å². The molecule has 0 spiro atoms. The van der Waals surface area contributed by atoms with Gasteiger partial charge in [-0.25, -0.2) is 18.7 Å². The maximum Gasteiger partial charge on any atom is 0.157 e. The molecule has 0 aliphatic carbocycles. The first-order valence-electron chi connectivity index (χ1n) is 6.20. The van der Waals surface area contributed by atoms with Crippen LogP contribution in [0.1, 0.15) is 12.7 Å². The Morgan fingerprint density at radius 1 is 1.20 bits per heavy atom. The molecule has 0 aliphatic heterocycles. The lowest BCUT2D eigenvalue weighted by atomic mass is 10.1. The smallest absolute Gasteiger partial charge is 0.157 e. The van der Waals surface area contributed by atoms with Gasteiger partial charge in [0.1, 0.15) is 24.1 Å². The molecule has 0 fully saturated rings. The second-order valence-corrected chi connectivity index (χ2v) is 4.14. The molecule has 106 valence electrons. The number of aromatic nitrogens is 2. The van der Waals surface area contributed by atoms with Gasteiger partial charge in [0.2, 0.25) is 0 Å². The largest absolute Gasteiger partial charge is 0.377 e. The van der Waals surface area contributed by atoms with Crippen molar-refractivity contribution in [3.63, 3.8) is 0 Å². The molecular weight excluding hydrogens is 264 g/mol. The molecule has 20 heavy (non-hydrogen) atoms. The molecule has 0 saturated heterocycles. The van der Waals surface area contributed by atoms with Gasteiger partial charge < -0.3 is 10.1 Å². The minimum Gasteiger partial charge on any atom is -0.377 e. The highest BCUT2D eigenvalue weighted by atomic mass is 19.1. The van der Waals surface area contributed by atoms with E-state index in [1.54, 1.807) is 6.07 Å². The van der Waals surface area contributed by atoms with E-state index in [9.17, 15) is 8.78 Å². The van der Waals surface area contributed by atoms with Crippen molar-refractivity contribution in [3.05, 3.63) is 41.7 Å². The molecule has 0 saturated carbocycles. The first kappa shape index (κ1) is 14.3. The fraction of sp³-hybridized carbons (Fsp3) is 0.286. The lowest BCUT2D eigenvalue weighted by Gasteiger charge is -2.09. The minimum absolute atomic E-state index is 0.217. The first-order chi connectivity index (χ1) is 9.63. The first-order valence-corrected chi connectivity index (χ1v) is 6.20. The summed E-state index contributed by atoms with van der Waals surface area (Å²) in [6, 6.07) is 5.02. The van der Waals surface area contributed by atoms with Crippen LogP contribution in [0.15, 0.2) is 24.3 Å². The van der Waals surface area contributed by atoms with Crippen molar-refractivity contribution in [1.82, 2.24) is 9.97 Å². The van der Waals surface area contributed by atoms with E-state index in [1.807, 2.05) is 6.92 Å². The monoisotopic (exact) mass is 279 g/mol. The van der Waals surface area contributed by atoms with Crippen LogP contribution < -0.4 is 5.32 Å². The van der Waals surface area contributed by atoms with Crippen LogP contribution in [0.2, 0.25) is 0 Å². The summed E-state index contributed by atoms with van der Waals surface area (Å²) in [6.45, 7) is 2.82. The molecule has 0 radical (unpaired) electrons. The van der Waals surface area contributed by atoms with Crippen LogP contribution in [-0.2, 0) is 11.3 Å². The van der Waals surface area contributed by atoms with Crippen LogP contribution in [0.25, 0.3) is 11.3 Å². The van der Waals surface area contributed by atoms with Gasteiger partial charge in [-0.15, -0.1) is 0 Å². The molecule has 1 aromatic carbocycles. The van der Waals surface area contributed by atoms with E-state index in [0.717, 1.165) is 6.07 Å². The zero-order valence-electron chi connectivity index (χ0n) is 11.3. The van der Waals surface area contributed by atoms with E-state index in [1.165, 1.54) is 19.2 Å². The van der Waals surface area contributed by atoms with E-state index in [0.29, 0.717) is 23.9 Å². The zero-order valence-corrected chi connectivity index (χ0v) is 11.3. The van der Waals surface area contributed by atoms with Crippen molar-refractivity contribution in [3.8, 4) is 11.3 Å². The summed E-state index contributed by atoms with van der Waals surface area (Å²) in [5.41, 5.74) is 0.616. The number of methoxy groups -OCH3 is 1. The molecule has 0 amide bonds. The number of anilines is 1. The molecule has 2 aromatic rings. The molecule has 2 rings (SSSR count). The number of nitrogens with zero attached hydrogens (tertiary/aromatic N) is 2. The van der Waals surface area contributed by atoms with Crippen molar-refractivity contribution in [2.75, 3.05) is 19.0 Å². The highest BCUT2D eigenvalue weighted by Gasteiger charge is 2.11. The number of nitrogens with one attached hydrogen (secondary N) is 1. The molecule has 0 bridgehead atoms. The Morgan fingerprint density at radius 3 is 2.65 bits per heavy atom. The molecule has 0 aliphatic rings. The topological polar surface area (TPSA) is 47.0 Å². The van der Waals surface area contributed by atoms with Crippen molar-refractivity contribution in [2.24, 2.45) is 0 Å². The van der Waals surface area contributed by atoms with Crippen LogP contribution in [0, 0.1) is 11.6 Å². The SMILES string of the molecule is CCNc1cc(-c2ccc(F)cc2F)nc(COC)n1. The highest BCUT2D eigenvalue weighted by molar-refractivity contribution is 5.63. The van der Waals surface area contributed by atoms with Gasteiger partial charge in [-0.3, -0.25) is 0 Å². The fourth-order valence-corrected chi connectivity index (χ4v) is 1.80. The minimum atomic E-state index is -0.658. The number of benzene rings is 1. The summed E-state index contributed by atoms with van der Waals surface area (Å²) in [5.74, 6) is -0.267. The highest BCUT2D eigenvalue weighted by Crippen LogP contribution is 2.23. The van der Waals surface area contributed by atoms with Gasteiger partial charge in [-0.1, -0.05) is 0 Å². The third-order valence-corrected chi connectivity index (χ3v) is 2.61. The third-order valence-electron chi connectivity index (χ3n) is 2.61. The predicted molar refractivity (Wildman–Crippen MR) is 72.3 cm³/mol. The maximum atomic E-state index is 13.8. The quantitative estimate of drug-likeness (QED) is 0.914. The van der Waals surface area contributed by atoms with E-state index < -0.39 is 11.6 Å². The Morgan fingerprint density at radius 2 is 2.00 bits per heavy atom. The van der Waals surface area contributed by atoms with Crippen LogP contribution in [-0.4, -0.2) is 23.6 Å². The molecule has 0 atom stereocenters. The van der Waals surface area contributed by atoms with Gasteiger partial charge in [0, 0.05) is 31.4 Å². The number of hydrogen-bond acceptors (Lipinski definition) is 4. The summed E-state index contributed by atoms with van der Waals surface area (Å²) in [4.78, 5) is 8.47. The van der Waals surface area contributed by atoms with Crippen molar-refractivity contribution in [2.45, 2.75) is 13.5 Å². The Hall–Kier alpha value is -2.08. The molecule has 0 unspecified atom stereocenters. The summed E-state index contributed by atoms with van der Waals surface area (Å²) in [5, 5.41) is 3.04. The molecule has 1 aromatic heterocycles. The Bertz CT molecular complexity index is 581. The lowest BCUT2D eigenvalue weighted by Crippen LogP contribution is -2.06. The standard InChI is InChI=1S/C14H15F2N3O/c1-3-17-13-7-12(18-14(19-13)8-20-2)10-5-4-9(15)6-11(10)16/h4-7H,3,8H2,1-2H3,(H,17,18,19). The molecule has 1 heterocycles. The molecule has 1 N–H and O–H groups in total. The van der Waals surface area contributed by atoms with Gasteiger partial charge in [0.05, 0.1) is 5.69 Å². The number of rotatable bonds is 5. The van der Waals surface area contributed by atoms with E-state index >= 15 is 0 Å². The van der Waals surface area contributed by atoms with Crippen molar-refractivity contribution < 1.29 is 13.5 Å². The van der Waals surface area contributed by atoms with Gasteiger partial charge >= 0.3 is 0 Å². The molecule has 6 heteroatoms. The van der Waals surface area contributed by atoms with Crippen LogP contribution in [0.4, 0.5) is 14.6 Å². The van der Waals surface area contributed by atoms with Gasteiger partial charge in [0.25, 0.3) is 0 Å². The second-order valence-electron chi connectivity index (χ2n) is 4.14. The zero-order chi connectivity index (χ0) is 14.5. The Kier molecular flexibility index (Phi) is 4.57. The predicted octanol–water partition coefficient (Wildman–Crippen LogP) is 3.00. The van der Waals surface area contributed by atoms with Crippen LogP contribution in [0.3, 0.4) is 0 Å². The Balaban J connectivity index is 2.48. The second kappa shape index (κ2) is 6.38. The number of hydrogen-bond donors (Lipinski definition) is 1. The number of halogens is 2. The Labute approximate surface area is 115 Å². The van der Waals surface area contributed by atoms with Crippen LogP contribution >= 0.6 is 0 Å². The van der Waals surface area contributed by atoms with E-state index in [2.05, 4.69) is 15.3 Å². The maximum absolute atomic E-state index is 13.8. The van der Waals surface area contributed by atoms with Crippen molar-refractivity contribution >= 4 is 5.82 Å². The fourth-order valence-electron chi connectivity index (χ4n) is 1.80. The van der Waals surface area contributed by atoms with Gasteiger partial charge in [-0.2, -0.15) is 0 Å². The average Bonchev–Trinajstić information content (AvgIpc) is 2.39. The van der Waals surface area contributed by atoms with E-state index in [-0.39, 0.29) is 12.2 Å². The van der Waals surface area contributed by atoms with Crippen LogP contribution in [0.5, 0.6) is 0 Å². The van der Waals surface area contributed by atoms with Crippen molar-refractivity contribution in [1.29, 1.82) is 0 Å². The number of ether oxygens (including phenoxy) is 1. The summed E-state index contributed by atoms with van der Waals surface area (Å²) in [7, 11) is 1.53.